The molecule has 2 unspecified atom stereocenters. The van der Waals surface area contributed by atoms with E-state index < -0.39 is 0 Å². The van der Waals surface area contributed by atoms with Gasteiger partial charge in [0.1, 0.15) is 0 Å². The zero-order valence-corrected chi connectivity index (χ0v) is 13.6. The topological polar surface area (TPSA) is 15.3 Å². The maximum atomic E-state index is 3.53. The van der Waals surface area contributed by atoms with Crippen molar-refractivity contribution in [1.82, 2.24) is 10.2 Å². The minimum absolute atomic E-state index is 0.465. The van der Waals surface area contributed by atoms with Gasteiger partial charge in [0.2, 0.25) is 0 Å². The summed E-state index contributed by atoms with van der Waals surface area (Å²) in [6.45, 7) is 4.63. The Kier molecular flexibility index (Phi) is 4.97. The highest BCUT2D eigenvalue weighted by atomic mass is 15.2. The van der Waals surface area contributed by atoms with Crippen LogP contribution in [0.5, 0.6) is 0 Å². The van der Waals surface area contributed by atoms with E-state index in [9.17, 15) is 0 Å². The van der Waals surface area contributed by atoms with Crippen molar-refractivity contribution in [1.29, 1.82) is 0 Å². The van der Waals surface area contributed by atoms with Crippen molar-refractivity contribution in [3.63, 3.8) is 0 Å². The van der Waals surface area contributed by atoms with Crippen LogP contribution in [0.2, 0.25) is 0 Å². The van der Waals surface area contributed by atoms with Crippen molar-refractivity contribution in [2.24, 2.45) is 5.92 Å². The fourth-order valence-electron chi connectivity index (χ4n) is 4.35. The van der Waals surface area contributed by atoms with Gasteiger partial charge in [-0.15, -0.1) is 0 Å². The van der Waals surface area contributed by atoms with E-state index in [1.807, 2.05) is 0 Å². The first-order chi connectivity index (χ1) is 10.3. The van der Waals surface area contributed by atoms with Crippen LogP contribution in [0.15, 0.2) is 24.3 Å². The van der Waals surface area contributed by atoms with Crippen LogP contribution >= 0.6 is 0 Å². The van der Waals surface area contributed by atoms with E-state index in [2.05, 4.69) is 48.5 Å². The van der Waals surface area contributed by atoms with E-state index in [0.717, 1.165) is 12.0 Å². The van der Waals surface area contributed by atoms with Crippen LogP contribution in [0, 0.1) is 12.8 Å². The summed E-state index contributed by atoms with van der Waals surface area (Å²) in [5.74, 6) is 0.975. The minimum atomic E-state index is 0.465. The number of benzene rings is 1. The third-order valence-electron chi connectivity index (χ3n) is 5.60. The number of aryl methyl sites for hydroxylation is 1. The summed E-state index contributed by atoms with van der Waals surface area (Å²) in [5, 5.41) is 3.53. The fraction of sp³-hybridized carbons (Fsp3) is 0.684. The largest absolute Gasteiger partial charge is 0.312 e. The summed E-state index contributed by atoms with van der Waals surface area (Å²) >= 11 is 0. The second-order valence-corrected chi connectivity index (χ2v) is 7.00. The number of hydrogen-bond donors (Lipinski definition) is 1. The van der Waals surface area contributed by atoms with Crippen molar-refractivity contribution in [2.45, 2.75) is 57.5 Å². The van der Waals surface area contributed by atoms with E-state index >= 15 is 0 Å². The van der Waals surface area contributed by atoms with Gasteiger partial charge in [-0.3, -0.25) is 4.90 Å². The van der Waals surface area contributed by atoms with Crippen LogP contribution in [0.4, 0.5) is 0 Å². The number of hydrogen-bond acceptors (Lipinski definition) is 2. The van der Waals surface area contributed by atoms with Crippen LogP contribution in [0.3, 0.4) is 0 Å². The smallest absolute Gasteiger partial charge is 0.0446 e. The monoisotopic (exact) mass is 286 g/mol. The molecule has 2 aliphatic rings. The van der Waals surface area contributed by atoms with Crippen LogP contribution < -0.4 is 5.32 Å². The van der Waals surface area contributed by atoms with E-state index in [1.54, 1.807) is 0 Å². The SMILES string of the molecule is CNC(CN1CCCC1C1CCCC1)c1ccc(C)cc1. The predicted octanol–water partition coefficient (Wildman–Crippen LogP) is 3.91. The van der Waals surface area contributed by atoms with Gasteiger partial charge in [-0.05, 0) is 57.7 Å². The molecule has 1 aromatic rings. The molecule has 2 heteroatoms. The van der Waals surface area contributed by atoms with Gasteiger partial charge in [0.05, 0.1) is 0 Å². The first-order valence-electron chi connectivity index (χ1n) is 8.76. The van der Waals surface area contributed by atoms with Crippen LogP contribution in [0.1, 0.15) is 55.7 Å². The normalized spacial score (nSPS) is 25.5. The maximum Gasteiger partial charge on any atom is 0.0446 e. The first-order valence-corrected chi connectivity index (χ1v) is 8.76. The lowest BCUT2D eigenvalue weighted by Gasteiger charge is -2.32. The molecule has 0 amide bonds. The Hall–Kier alpha value is -0.860. The Labute approximate surface area is 129 Å². The van der Waals surface area contributed by atoms with Crippen LogP contribution in [-0.2, 0) is 0 Å². The molecule has 1 saturated carbocycles. The Bertz CT molecular complexity index is 433. The number of likely N-dealkylation sites (tertiary alicyclic amines) is 1. The molecule has 0 aromatic heterocycles. The molecule has 1 saturated heterocycles. The Morgan fingerprint density at radius 2 is 1.81 bits per heavy atom. The molecule has 0 bridgehead atoms. The van der Waals surface area contributed by atoms with E-state index in [-0.39, 0.29) is 0 Å². The van der Waals surface area contributed by atoms with Gasteiger partial charge in [0.15, 0.2) is 0 Å². The summed E-state index contributed by atoms with van der Waals surface area (Å²) in [6, 6.07) is 10.4. The summed E-state index contributed by atoms with van der Waals surface area (Å²) < 4.78 is 0. The van der Waals surface area contributed by atoms with E-state index in [4.69, 9.17) is 0 Å². The second-order valence-electron chi connectivity index (χ2n) is 7.00. The Morgan fingerprint density at radius 1 is 1.10 bits per heavy atom. The molecule has 0 radical (unpaired) electrons. The molecule has 1 aliphatic heterocycles. The highest BCUT2D eigenvalue weighted by Gasteiger charge is 2.34. The molecule has 2 atom stereocenters. The van der Waals surface area contributed by atoms with Crippen molar-refractivity contribution >= 4 is 0 Å². The molecular formula is C19H30N2. The van der Waals surface area contributed by atoms with Crippen molar-refractivity contribution < 1.29 is 0 Å². The third-order valence-corrected chi connectivity index (χ3v) is 5.60. The van der Waals surface area contributed by atoms with Crippen molar-refractivity contribution in [2.75, 3.05) is 20.1 Å². The van der Waals surface area contributed by atoms with Crippen LogP contribution in [0.25, 0.3) is 0 Å². The number of likely N-dealkylation sites (N-methyl/N-ethyl adjacent to an activating group) is 1. The summed E-state index contributed by atoms with van der Waals surface area (Å²) in [6.07, 6.45) is 8.68. The molecule has 1 aromatic carbocycles. The van der Waals surface area contributed by atoms with Crippen molar-refractivity contribution in [3.05, 3.63) is 35.4 Å². The van der Waals surface area contributed by atoms with Gasteiger partial charge < -0.3 is 5.32 Å². The molecule has 1 heterocycles. The molecule has 3 rings (SSSR count). The lowest BCUT2D eigenvalue weighted by molar-refractivity contribution is 0.175. The molecule has 2 fully saturated rings. The standard InChI is InChI=1S/C19H30N2/c1-15-9-11-16(12-10-15)18(20-2)14-21-13-5-8-19(21)17-6-3-4-7-17/h9-12,17-20H,3-8,13-14H2,1-2H3. The highest BCUT2D eigenvalue weighted by Crippen LogP contribution is 2.36. The average Bonchev–Trinajstić information content (AvgIpc) is 3.16. The number of nitrogens with one attached hydrogen (secondary N) is 1. The molecule has 116 valence electrons. The molecule has 1 aliphatic carbocycles. The van der Waals surface area contributed by atoms with Gasteiger partial charge in [-0.25, -0.2) is 0 Å². The van der Waals surface area contributed by atoms with E-state index in [1.165, 1.54) is 62.7 Å². The highest BCUT2D eigenvalue weighted by molar-refractivity contribution is 5.24. The van der Waals surface area contributed by atoms with Gasteiger partial charge in [-0.2, -0.15) is 0 Å². The maximum absolute atomic E-state index is 3.53. The van der Waals surface area contributed by atoms with Crippen molar-refractivity contribution in [3.8, 4) is 0 Å². The van der Waals surface area contributed by atoms with Gasteiger partial charge >= 0.3 is 0 Å². The average molecular weight is 286 g/mol. The molecule has 0 spiro atoms. The van der Waals surface area contributed by atoms with Crippen LogP contribution in [-0.4, -0.2) is 31.1 Å². The lowest BCUT2D eigenvalue weighted by Crippen LogP contribution is -2.40. The Morgan fingerprint density at radius 3 is 2.48 bits per heavy atom. The van der Waals surface area contributed by atoms with Gasteiger partial charge in [-0.1, -0.05) is 42.7 Å². The Balaban J connectivity index is 1.66. The lowest BCUT2D eigenvalue weighted by atomic mass is 9.95. The molecule has 2 nitrogen and oxygen atoms in total. The summed E-state index contributed by atoms with van der Waals surface area (Å²) in [7, 11) is 2.10. The first kappa shape index (κ1) is 15.1. The quantitative estimate of drug-likeness (QED) is 0.883. The molecular weight excluding hydrogens is 256 g/mol. The van der Waals surface area contributed by atoms with Gasteiger partial charge in [0, 0.05) is 18.6 Å². The summed E-state index contributed by atoms with van der Waals surface area (Å²) in [5.41, 5.74) is 2.78. The molecule has 1 N–H and O–H groups in total. The van der Waals surface area contributed by atoms with E-state index in [0.29, 0.717) is 6.04 Å². The zero-order valence-electron chi connectivity index (χ0n) is 13.6. The second kappa shape index (κ2) is 6.93. The minimum Gasteiger partial charge on any atom is -0.312 e. The number of rotatable bonds is 5. The predicted molar refractivity (Wildman–Crippen MR) is 89.5 cm³/mol. The summed E-state index contributed by atoms with van der Waals surface area (Å²) in [4.78, 5) is 2.77. The molecule has 21 heavy (non-hydrogen) atoms. The fourth-order valence-corrected chi connectivity index (χ4v) is 4.35. The van der Waals surface area contributed by atoms with Gasteiger partial charge in [0.25, 0.3) is 0 Å². The zero-order chi connectivity index (χ0) is 14.7. The number of nitrogens with zero attached hydrogens (tertiary/aromatic N) is 1. The third kappa shape index (κ3) is 3.49.